The molecule has 0 atom stereocenters. The summed E-state index contributed by atoms with van der Waals surface area (Å²) in [5.41, 5.74) is 1.65. The van der Waals surface area contributed by atoms with E-state index in [0.717, 1.165) is 18.4 Å². The lowest BCUT2D eigenvalue weighted by atomic mass is 10.0. The van der Waals surface area contributed by atoms with E-state index in [0.29, 0.717) is 30.2 Å². The second kappa shape index (κ2) is 10.4. The zero-order valence-electron chi connectivity index (χ0n) is 20.5. The van der Waals surface area contributed by atoms with Gasteiger partial charge in [0.25, 0.3) is 15.9 Å². The van der Waals surface area contributed by atoms with E-state index in [1.165, 1.54) is 29.7 Å². The molecule has 0 radical (unpaired) electrons. The number of unbranched alkanes of at least 4 members (excludes halogenated alkanes) is 1. The SMILES string of the molecule is CCCCN(CC)C(=O)c1c[nH]c2ccc(S(=O)(=O)N(C)c3ccc(C(C)C)cc3)cc2c1=O. The molecule has 7 nitrogen and oxygen atoms in total. The van der Waals surface area contributed by atoms with Crippen LogP contribution in [-0.2, 0) is 10.0 Å². The van der Waals surface area contributed by atoms with E-state index in [-0.39, 0.29) is 21.8 Å². The molecule has 1 N–H and O–H groups in total. The Labute approximate surface area is 201 Å². The highest BCUT2D eigenvalue weighted by Crippen LogP contribution is 2.25. The Bertz CT molecular complexity index is 1330. The first kappa shape index (κ1) is 25.5. The number of nitrogens with one attached hydrogen (secondary N) is 1. The maximum Gasteiger partial charge on any atom is 0.264 e. The number of sulfonamides is 1. The largest absolute Gasteiger partial charge is 0.360 e. The second-order valence-corrected chi connectivity index (χ2v) is 10.7. The van der Waals surface area contributed by atoms with Gasteiger partial charge < -0.3 is 9.88 Å². The molecule has 0 aliphatic rings. The number of nitrogens with zero attached hydrogens (tertiary/aromatic N) is 2. The van der Waals surface area contributed by atoms with E-state index in [1.54, 1.807) is 23.1 Å². The summed E-state index contributed by atoms with van der Waals surface area (Å²) < 4.78 is 27.9. The number of anilines is 1. The van der Waals surface area contributed by atoms with Crippen molar-refractivity contribution in [1.29, 1.82) is 0 Å². The van der Waals surface area contributed by atoms with Gasteiger partial charge in [-0.25, -0.2) is 8.42 Å². The Morgan fingerprint density at radius 2 is 1.74 bits per heavy atom. The fourth-order valence-corrected chi connectivity index (χ4v) is 5.03. The van der Waals surface area contributed by atoms with Crippen LogP contribution in [0.1, 0.15) is 62.4 Å². The Balaban J connectivity index is 2.01. The highest BCUT2D eigenvalue weighted by Gasteiger charge is 2.24. The number of H-pyrrole nitrogens is 1. The predicted octanol–water partition coefficient (Wildman–Crippen LogP) is 4.74. The van der Waals surface area contributed by atoms with Crippen LogP contribution in [0.25, 0.3) is 10.9 Å². The number of amides is 1. The highest BCUT2D eigenvalue weighted by atomic mass is 32.2. The molecule has 0 bridgehead atoms. The molecule has 8 heteroatoms. The van der Waals surface area contributed by atoms with Crippen molar-refractivity contribution in [2.75, 3.05) is 24.4 Å². The minimum Gasteiger partial charge on any atom is -0.360 e. The molecule has 1 aromatic heterocycles. The lowest BCUT2D eigenvalue weighted by Crippen LogP contribution is -2.35. The number of fused-ring (bicyclic) bond motifs is 1. The number of pyridine rings is 1. The fourth-order valence-electron chi connectivity index (χ4n) is 3.81. The van der Waals surface area contributed by atoms with E-state index in [1.807, 2.05) is 26.0 Å². The molecule has 2 aromatic carbocycles. The lowest BCUT2D eigenvalue weighted by Gasteiger charge is -2.21. The molecule has 0 aliphatic carbocycles. The minimum absolute atomic E-state index is 0.0103. The molecule has 0 aliphatic heterocycles. The van der Waals surface area contributed by atoms with Crippen molar-refractivity contribution < 1.29 is 13.2 Å². The average molecular weight is 484 g/mol. The number of carbonyl (C=O) groups is 1. The van der Waals surface area contributed by atoms with Gasteiger partial charge in [-0.15, -0.1) is 0 Å². The molecular formula is C26H33N3O4S. The van der Waals surface area contributed by atoms with Gasteiger partial charge in [0.05, 0.1) is 10.6 Å². The van der Waals surface area contributed by atoms with Gasteiger partial charge in [-0.3, -0.25) is 13.9 Å². The molecule has 0 fully saturated rings. The first-order valence-corrected chi connectivity index (χ1v) is 13.1. The summed E-state index contributed by atoms with van der Waals surface area (Å²) >= 11 is 0. The van der Waals surface area contributed by atoms with Crippen molar-refractivity contribution in [3.63, 3.8) is 0 Å². The molecule has 0 saturated heterocycles. The summed E-state index contributed by atoms with van der Waals surface area (Å²) in [4.78, 5) is 30.8. The van der Waals surface area contributed by atoms with Crippen molar-refractivity contribution in [3.8, 4) is 0 Å². The molecule has 3 aromatic rings. The van der Waals surface area contributed by atoms with E-state index in [9.17, 15) is 18.0 Å². The topological polar surface area (TPSA) is 90.6 Å². The van der Waals surface area contributed by atoms with Crippen molar-refractivity contribution in [2.45, 2.75) is 51.3 Å². The van der Waals surface area contributed by atoms with Crippen molar-refractivity contribution in [1.82, 2.24) is 9.88 Å². The zero-order valence-corrected chi connectivity index (χ0v) is 21.3. The second-order valence-electron chi connectivity index (χ2n) is 8.70. The third-order valence-corrected chi connectivity index (χ3v) is 7.90. The maximum absolute atomic E-state index is 13.3. The summed E-state index contributed by atoms with van der Waals surface area (Å²) in [6.07, 6.45) is 3.20. The van der Waals surface area contributed by atoms with Crippen molar-refractivity contribution in [2.24, 2.45) is 0 Å². The Morgan fingerprint density at radius 3 is 2.32 bits per heavy atom. The number of aromatic amines is 1. The lowest BCUT2D eigenvalue weighted by molar-refractivity contribution is 0.0761. The highest BCUT2D eigenvalue weighted by molar-refractivity contribution is 7.92. The van der Waals surface area contributed by atoms with Gasteiger partial charge in [-0.2, -0.15) is 0 Å². The molecule has 34 heavy (non-hydrogen) atoms. The van der Waals surface area contributed by atoms with Gasteiger partial charge in [0.15, 0.2) is 0 Å². The van der Waals surface area contributed by atoms with E-state index >= 15 is 0 Å². The molecule has 1 amide bonds. The standard InChI is InChI=1S/C26H33N3O4S/c1-6-8-15-29(7-2)26(31)23-17-27-24-14-13-21(16-22(24)25(23)30)34(32,33)28(5)20-11-9-19(10-12-20)18(3)4/h9-14,16-18H,6-8,15H2,1-5H3,(H,27,30). The van der Waals surface area contributed by atoms with Gasteiger partial charge in [-0.05, 0) is 55.2 Å². The van der Waals surface area contributed by atoms with Crippen LogP contribution >= 0.6 is 0 Å². The smallest absolute Gasteiger partial charge is 0.264 e. The van der Waals surface area contributed by atoms with Crippen LogP contribution in [0.15, 0.2) is 58.4 Å². The normalized spacial score (nSPS) is 11.7. The van der Waals surface area contributed by atoms with E-state index in [4.69, 9.17) is 0 Å². The third kappa shape index (κ3) is 5.01. The third-order valence-electron chi connectivity index (χ3n) is 6.11. The Morgan fingerprint density at radius 1 is 1.06 bits per heavy atom. The predicted molar refractivity (Wildman–Crippen MR) is 137 cm³/mol. The molecule has 182 valence electrons. The number of rotatable bonds is 9. The molecular weight excluding hydrogens is 450 g/mol. The van der Waals surface area contributed by atoms with Crippen LogP contribution in [0.4, 0.5) is 5.69 Å². The average Bonchev–Trinajstić information content (AvgIpc) is 2.84. The monoisotopic (exact) mass is 483 g/mol. The van der Waals surface area contributed by atoms with Crippen LogP contribution in [-0.4, -0.2) is 44.3 Å². The van der Waals surface area contributed by atoms with Gasteiger partial charge >= 0.3 is 0 Å². The molecule has 0 saturated carbocycles. The van der Waals surface area contributed by atoms with Crippen molar-refractivity contribution in [3.05, 3.63) is 70.0 Å². The summed E-state index contributed by atoms with van der Waals surface area (Å²) in [5, 5.41) is 0.169. The van der Waals surface area contributed by atoms with Crippen LogP contribution in [0.5, 0.6) is 0 Å². The van der Waals surface area contributed by atoms with E-state index in [2.05, 4.69) is 18.8 Å². The molecule has 1 heterocycles. The molecule has 0 unspecified atom stereocenters. The molecule has 3 rings (SSSR count). The number of hydrogen-bond donors (Lipinski definition) is 1. The summed E-state index contributed by atoms with van der Waals surface area (Å²) in [7, 11) is -2.43. The zero-order chi connectivity index (χ0) is 25.0. The van der Waals surface area contributed by atoms with Crippen LogP contribution in [0.3, 0.4) is 0 Å². The Hall–Kier alpha value is -3.13. The quantitative estimate of drug-likeness (QED) is 0.476. The molecule has 0 spiro atoms. The Kier molecular flexibility index (Phi) is 7.82. The first-order chi connectivity index (χ1) is 16.1. The first-order valence-electron chi connectivity index (χ1n) is 11.6. The van der Waals surface area contributed by atoms with Crippen molar-refractivity contribution >= 4 is 32.5 Å². The summed E-state index contributed by atoms with van der Waals surface area (Å²) in [6, 6.07) is 11.7. The summed E-state index contributed by atoms with van der Waals surface area (Å²) in [6.45, 7) is 9.12. The minimum atomic E-state index is -3.91. The summed E-state index contributed by atoms with van der Waals surface area (Å²) in [5.74, 6) is -0.0135. The van der Waals surface area contributed by atoms with Crippen LogP contribution in [0, 0.1) is 0 Å². The number of carbonyl (C=O) groups excluding carboxylic acids is 1. The maximum atomic E-state index is 13.3. The van der Waals surface area contributed by atoms with Gasteiger partial charge in [0.1, 0.15) is 5.56 Å². The van der Waals surface area contributed by atoms with Crippen LogP contribution < -0.4 is 9.73 Å². The fraction of sp³-hybridized carbons (Fsp3) is 0.385. The number of hydrogen-bond acceptors (Lipinski definition) is 4. The van der Waals surface area contributed by atoms with Gasteiger partial charge in [-0.1, -0.05) is 39.3 Å². The van der Waals surface area contributed by atoms with Gasteiger partial charge in [0, 0.05) is 37.2 Å². The number of aromatic nitrogens is 1. The van der Waals surface area contributed by atoms with E-state index < -0.39 is 15.5 Å². The van der Waals surface area contributed by atoms with Crippen LogP contribution in [0.2, 0.25) is 0 Å². The number of benzene rings is 2. The van der Waals surface area contributed by atoms with Gasteiger partial charge in [0.2, 0.25) is 5.43 Å².